The molecule has 0 heterocycles. The summed E-state index contributed by atoms with van der Waals surface area (Å²) in [5, 5.41) is 8.57. The van der Waals surface area contributed by atoms with Crippen LogP contribution in [-0.4, -0.2) is 11.1 Å². The molecule has 0 aromatic heterocycles. The lowest BCUT2D eigenvalue weighted by atomic mass is 10.1. The Hall–Kier alpha value is -1.75. The van der Waals surface area contributed by atoms with Crippen LogP contribution >= 0.6 is 0 Å². The van der Waals surface area contributed by atoms with E-state index < -0.39 is 5.97 Å². The van der Waals surface area contributed by atoms with E-state index in [0.717, 1.165) is 5.56 Å². The number of aryl methyl sites for hydroxylation is 1. The summed E-state index contributed by atoms with van der Waals surface area (Å²) >= 11 is 0. The summed E-state index contributed by atoms with van der Waals surface area (Å²) in [5.74, 6) is -0.863. The normalized spacial score (nSPS) is 7.92. The van der Waals surface area contributed by atoms with E-state index in [9.17, 15) is 4.79 Å². The number of rotatable bonds is 1. The molecule has 62 valence electrons. The maximum Gasteiger partial charge on any atom is 0.335 e. The van der Waals surface area contributed by atoms with Gasteiger partial charge < -0.3 is 5.11 Å². The zero-order valence-electron chi connectivity index (χ0n) is 6.82. The van der Waals surface area contributed by atoms with E-state index >= 15 is 0 Å². The van der Waals surface area contributed by atoms with Gasteiger partial charge in [-0.25, -0.2) is 4.79 Å². The summed E-state index contributed by atoms with van der Waals surface area (Å²) in [7, 11) is 0. The lowest BCUT2D eigenvalue weighted by Gasteiger charge is -1.96. The molecule has 0 aliphatic rings. The number of hydrogen-bond acceptors (Lipinski definition) is 1. The SMILES string of the molecule is C#C.Cc1ccccc1C(=O)O. The van der Waals surface area contributed by atoms with Crippen LogP contribution in [0.1, 0.15) is 15.9 Å². The van der Waals surface area contributed by atoms with Gasteiger partial charge in [0.25, 0.3) is 0 Å². The smallest absolute Gasteiger partial charge is 0.335 e. The van der Waals surface area contributed by atoms with Crippen LogP contribution in [0.25, 0.3) is 0 Å². The minimum atomic E-state index is -0.863. The van der Waals surface area contributed by atoms with Crippen LogP contribution in [0, 0.1) is 19.8 Å². The number of carboxylic acids is 1. The minimum Gasteiger partial charge on any atom is -0.478 e. The van der Waals surface area contributed by atoms with Gasteiger partial charge in [-0.15, -0.1) is 12.8 Å². The molecule has 0 aliphatic heterocycles. The summed E-state index contributed by atoms with van der Waals surface area (Å²) < 4.78 is 0. The van der Waals surface area contributed by atoms with Crippen molar-refractivity contribution in [2.24, 2.45) is 0 Å². The maximum absolute atomic E-state index is 10.4. The van der Waals surface area contributed by atoms with Crippen molar-refractivity contribution in [2.75, 3.05) is 0 Å². The highest BCUT2D eigenvalue weighted by atomic mass is 16.4. The summed E-state index contributed by atoms with van der Waals surface area (Å²) in [6, 6.07) is 6.92. The van der Waals surface area contributed by atoms with E-state index in [4.69, 9.17) is 5.11 Å². The second kappa shape index (κ2) is 4.97. The van der Waals surface area contributed by atoms with Crippen molar-refractivity contribution in [3.05, 3.63) is 35.4 Å². The van der Waals surface area contributed by atoms with Crippen molar-refractivity contribution in [2.45, 2.75) is 6.92 Å². The summed E-state index contributed by atoms with van der Waals surface area (Å²) in [5.41, 5.74) is 1.18. The number of carbonyl (C=O) groups is 1. The molecule has 1 N–H and O–H groups in total. The monoisotopic (exact) mass is 162 g/mol. The van der Waals surface area contributed by atoms with Crippen LogP contribution in [0.3, 0.4) is 0 Å². The van der Waals surface area contributed by atoms with E-state index in [2.05, 4.69) is 12.8 Å². The van der Waals surface area contributed by atoms with Crippen molar-refractivity contribution in [1.29, 1.82) is 0 Å². The van der Waals surface area contributed by atoms with Gasteiger partial charge in [0.05, 0.1) is 5.56 Å². The van der Waals surface area contributed by atoms with Crippen LogP contribution in [0.2, 0.25) is 0 Å². The third-order valence-corrected chi connectivity index (χ3v) is 1.38. The van der Waals surface area contributed by atoms with Gasteiger partial charge in [-0.05, 0) is 18.6 Å². The van der Waals surface area contributed by atoms with E-state index in [-0.39, 0.29) is 0 Å². The molecule has 0 spiro atoms. The van der Waals surface area contributed by atoms with Gasteiger partial charge in [0.2, 0.25) is 0 Å². The van der Waals surface area contributed by atoms with Crippen molar-refractivity contribution in [1.82, 2.24) is 0 Å². The molecular formula is C10H10O2. The van der Waals surface area contributed by atoms with Gasteiger partial charge in [0.1, 0.15) is 0 Å². The average molecular weight is 162 g/mol. The number of terminal acetylenes is 1. The Labute approximate surface area is 71.9 Å². The van der Waals surface area contributed by atoms with E-state index in [1.165, 1.54) is 0 Å². The second-order valence-electron chi connectivity index (χ2n) is 2.12. The maximum atomic E-state index is 10.4. The number of hydrogen-bond donors (Lipinski definition) is 1. The fraction of sp³-hybridized carbons (Fsp3) is 0.100. The lowest BCUT2D eigenvalue weighted by Crippen LogP contribution is -1.97. The van der Waals surface area contributed by atoms with Crippen molar-refractivity contribution in [3.8, 4) is 12.8 Å². The molecule has 1 aromatic rings. The first kappa shape index (κ1) is 10.2. The van der Waals surface area contributed by atoms with Gasteiger partial charge >= 0.3 is 5.97 Å². The molecule has 0 saturated heterocycles. The van der Waals surface area contributed by atoms with Gasteiger partial charge in [-0.2, -0.15) is 0 Å². The predicted molar refractivity (Wildman–Crippen MR) is 48.0 cm³/mol. The third kappa shape index (κ3) is 2.47. The predicted octanol–water partition coefficient (Wildman–Crippen LogP) is 1.94. The molecule has 0 aliphatic carbocycles. The Morgan fingerprint density at radius 3 is 2.17 bits per heavy atom. The fourth-order valence-corrected chi connectivity index (χ4v) is 0.813. The van der Waals surface area contributed by atoms with E-state index in [1.54, 1.807) is 25.1 Å². The first-order valence-electron chi connectivity index (χ1n) is 3.34. The molecule has 1 rings (SSSR count). The van der Waals surface area contributed by atoms with Crippen molar-refractivity contribution in [3.63, 3.8) is 0 Å². The first-order chi connectivity index (χ1) is 5.72. The molecule has 0 amide bonds. The van der Waals surface area contributed by atoms with Crippen LogP contribution in [-0.2, 0) is 0 Å². The summed E-state index contributed by atoms with van der Waals surface area (Å²) in [6.07, 6.45) is 8.00. The van der Waals surface area contributed by atoms with Gasteiger partial charge in [-0.1, -0.05) is 18.2 Å². The first-order valence-corrected chi connectivity index (χ1v) is 3.34. The highest BCUT2D eigenvalue weighted by Crippen LogP contribution is 2.05. The Kier molecular flexibility index (Phi) is 4.25. The van der Waals surface area contributed by atoms with Crippen LogP contribution in [0.5, 0.6) is 0 Å². The van der Waals surface area contributed by atoms with Gasteiger partial charge in [0.15, 0.2) is 0 Å². The molecule has 0 saturated carbocycles. The Morgan fingerprint density at radius 1 is 1.33 bits per heavy atom. The molecule has 12 heavy (non-hydrogen) atoms. The number of carboxylic acid groups (broad SMARTS) is 1. The topological polar surface area (TPSA) is 37.3 Å². The van der Waals surface area contributed by atoms with Crippen LogP contribution in [0.4, 0.5) is 0 Å². The largest absolute Gasteiger partial charge is 0.478 e. The third-order valence-electron chi connectivity index (χ3n) is 1.38. The summed E-state index contributed by atoms with van der Waals surface area (Å²) in [4.78, 5) is 10.4. The summed E-state index contributed by atoms with van der Waals surface area (Å²) in [6.45, 7) is 1.78. The van der Waals surface area contributed by atoms with E-state index in [0.29, 0.717) is 5.56 Å². The molecule has 2 heteroatoms. The Bertz CT molecular complexity index is 287. The van der Waals surface area contributed by atoms with Crippen molar-refractivity contribution >= 4 is 5.97 Å². The number of benzene rings is 1. The minimum absolute atomic E-state index is 0.377. The Morgan fingerprint density at radius 2 is 1.83 bits per heavy atom. The highest BCUT2D eigenvalue weighted by molar-refractivity contribution is 5.89. The highest BCUT2D eigenvalue weighted by Gasteiger charge is 2.02. The standard InChI is InChI=1S/C8H8O2.C2H2/c1-6-4-2-3-5-7(6)8(9)10;1-2/h2-5H,1H3,(H,9,10);1-2H. The lowest BCUT2D eigenvalue weighted by molar-refractivity contribution is 0.0696. The van der Waals surface area contributed by atoms with Crippen molar-refractivity contribution < 1.29 is 9.90 Å². The molecule has 0 unspecified atom stereocenters. The molecule has 0 atom stereocenters. The molecule has 0 fully saturated rings. The number of aromatic carboxylic acids is 1. The molecule has 0 bridgehead atoms. The van der Waals surface area contributed by atoms with Crippen LogP contribution < -0.4 is 0 Å². The zero-order valence-corrected chi connectivity index (χ0v) is 6.82. The average Bonchev–Trinajstić information content (AvgIpc) is 2.08. The molecule has 1 aromatic carbocycles. The molecule has 0 radical (unpaired) electrons. The quantitative estimate of drug-likeness (QED) is 0.641. The van der Waals surface area contributed by atoms with Crippen LogP contribution in [0.15, 0.2) is 24.3 Å². The fourth-order valence-electron chi connectivity index (χ4n) is 0.813. The van der Waals surface area contributed by atoms with E-state index in [1.807, 2.05) is 6.07 Å². The Balaban J connectivity index is 0.000000561. The second-order valence-corrected chi connectivity index (χ2v) is 2.12. The van der Waals surface area contributed by atoms with Gasteiger partial charge in [0, 0.05) is 0 Å². The molecular weight excluding hydrogens is 152 g/mol. The zero-order chi connectivity index (χ0) is 9.56. The molecule has 2 nitrogen and oxygen atoms in total. The van der Waals surface area contributed by atoms with Gasteiger partial charge in [-0.3, -0.25) is 0 Å².